The molecule has 0 aliphatic carbocycles. The molecule has 10 heteroatoms. The lowest BCUT2D eigenvalue weighted by molar-refractivity contribution is -0.123. The molecule has 2 unspecified atom stereocenters. The summed E-state index contributed by atoms with van der Waals surface area (Å²) in [5.41, 5.74) is 3.48. The summed E-state index contributed by atoms with van der Waals surface area (Å²) in [7, 11) is 0. The molecule has 0 bridgehead atoms. The van der Waals surface area contributed by atoms with Crippen LogP contribution in [0.4, 0.5) is 17.3 Å². The zero-order valence-electron chi connectivity index (χ0n) is 23.0. The molecule has 0 radical (unpaired) electrons. The van der Waals surface area contributed by atoms with E-state index in [0.29, 0.717) is 29.3 Å². The molecule has 0 aliphatic rings. The van der Waals surface area contributed by atoms with Crippen LogP contribution in [-0.2, 0) is 11.2 Å². The second-order valence-electron chi connectivity index (χ2n) is 10.6. The maximum absolute atomic E-state index is 12.5. The summed E-state index contributed by atoms with van der Waals surface area (Å²) in [6, 6.07) is 3.48. The van der Waals surface area contributed by atoms with Crippen molar-refractivity contribution in [1.29, 1.82) is 0 Å². The predicted molar refractivity (Wildman–Crippen MR) is 146 cm³/mol. The lowest BCUT2D eigenvalue weighted by Gasteiger charge is -2.26. The average molecular weight is 507 g/mol. The first-order chi connectivity index (χ1) is 17.4. The van der Waals surface area contributed by atoms with Gasteiger partial charge in [-0.1, -0.05) is 27.7 Å². The van der Waals surface area contributed by atoms with E-state index in [4.69, 9.17) is 4.98 Å². The van der Waals surface area contributed by atoms with Crippen molar-refractivity contribution in [2.75, 3.05) is 10.6 Å². The number of amides is 1. The molecule has 3 aromatic rings. The molecule has 0 saturated carbocycles. The number of carbonyl (C=O) groups excluding carboxylic acids is 2. The molecule has 3 aromatic heterocycles. The monoisotopic (exact) mass is 506 g/mol. The van der Waals surface area contributed by atoms with Crippen molar-refractivity contribution >= 4 is 29.0 Å². The average Bonchev–Trinajstić information content (AvgIpc) is 3.34. The number of ketones is 1. The molecule has 1 amide bonds. The van der Waals surface area contributed by atoms with E-state index >= 15 is 0 Å². The fourth-order valence-electron chi connectivity index (χ4n) is 3.85. The van der Waals surface area contributed by atoms with Crippen LogP contribution in [0.5, 0.6) is 0 Å². The minimum Gasteiger partial charge on any atom is -0.365 e. The molecule has 2 atom stereocenters. The third kappa shape index (κ3) is 7.34. The molecular formula is C27H38N8O2. The largest absolute Gasteiger partial charge is 0.365 e. The summed E-state index contributed by atoms with van der Waals surface area (Å²) in [4.78, 5) is 35.7. The van der Waals surface area contributed by atoms with Gasteiger partial charge in [0.1, 0.15) is 17.3 Å². The number of anilines is 3. The Bertz CT molecular complexity index is 1250. The molecule has 0 fully saturated rings. The van der Waals surface area contributed by atoms with E-state index in [0.717, 1.165) is 23.4 Å². The highest BCUT2D eigenvalue weighted by atomic mass is 16.1. The van der Waals surface area contributed by atoms with E-state index in [1.165, 1.54) is 11.7 Å². The maximum Gasteiger partial charge on any atom is 0.220 e. The van der Waals surface area contributed by atoms with Crippen LogP contribution in [0.3, 0.4) is 0 Å². The molecule has 37 heavy (non-hydrogen) atoms. The molecule has 0 spiro atoms. The summed E-state index contributed by atoms with van der Waals surface area (Å²) in [5, 5.41) is 18.2. The van der Waals surface area contributed by atoms with Crippen LogP contribution >= 0.6 is 0 Å². The van der Waals surface area contributed by atoms with Crippen molar-refractivity contribution in [2.45, 2.75) is 80.3 Å². The van der Waals surface area contributed by atoms with Gasteiger partial charge in [-0.15, -0.1) is 4.80 Å². The number of hydrogen-bond acceptors (Lipinski definition) is 8. The third-order valence-corrected chi connectivity index (χ3v) is 5.97. The number of nitrogens with one attached hydrogen (secondary N) is 3. The lowest BCUT2D eigenvalue weighted by Crippen LogP contribution is -2.44. The van der Waals surface area contributed by atoms with Crippen molar-refractivity contribution in [2.24, 2.45) is 5.41 Å². The Labute approximate surface area is 218 Å². The Kier molecular flexibility index (Phi) is 8.62. The highest BCUT2D eigenvalue weighted by Crippen LogP contribution is 2.27. The number of aromatic nitrogens is 5. The number of pyridine rings is 2. The number of carbonyl (C=O) groups is 2. The lowest BCUT2D eigenvalue weighted by atomic mass is 9.92. The first-order valence-electron chi connectivity index (χ1n) is 12.6. The van der Waals surface area contributed by atoms with E-state index in [-0.39, 0.29) is 29.2 Å². The normalized spacial score (nSPS) is 13.1. The van der Waals surface area contributed by atoms with Crippen LogP contribution in [0.25, 0.3) is 5.69 Å². The van der Waals surface area contributed by atoms with Gasteiger partial charge in [-0.3, -0.25) is 14.6 Å². The van der Waals surface area contributed by atoms with Gasteiger partial charge in [-0.05, 0) is 57.2 Å². The van der Waals surface area contributed by atoms with Crippen molar-refractivity contribution in [3.05, 3.63) is 47.5 Å². The molecule has 3 heterocycles. The standard InChI is InChI=1S/C27H38N8O2/c1-9-22-23(35-29-10-11-30-35)13-20(15-28-22)33-26-21(19(5)36)12-16(2)25(34-26)32-18(4)17(3)31-24(37)14-27(6,7)8/h10-13,15,17-18H,9,14H2,1-8H3,(H,31,37)(H2,32,33,34). The van der Waals surface area contributed by atoms with E-state index in [9.17, 15) is 9.59 Å². The van der Waals surface area contributed by atoms with Crippen LogP contribution in [0.2, 0.25) is 0 Å². The zero-order chi connectivity index (χ0) is 27.3. The SMILES string of the molecule is CCc1ncc(Nc2nc(NC(C)C(C)NC(=O)CC(C)(C)C)c(C)cc2C(C)=O)cc1-n1nccn1. The fraction of sp³-hybridized carbons (Fsp3) is 0.481. The van der Waals surface area contributed by atoms with E-state index in [1.807, 2.05) is 60.6 Å². The second kappa shape index (κ2) is 11.5. The van der Waals surface area contributed by atoms with Crippen molar-refractivity contribution < 1.29 is 9.59 Å². The van der Waals surface area contributed by atoms with Gasteiger partial charge in [0.25, 0.3) is 0 Å². The van der Waals surface area contributed by atoms with Gasteiger partial charge in [-0.25, -0.2) is 4.98 Å². The Balaban J connectivity index is 1.86. The van der Waals surface area contributed by atoms with Crippen LogP contribution < -0.4 is 16.0 Å². The first kappa shape index (κ1) is 27.8. The second-order valence-corrected chi connectivity index (χ2v) is 10.6. The smallest absolute Gasteiger partial charge is 0.220 e. The fourth-order valence-corrected chi connectivity index (χ4v) is 3.85. The molecule has 198 valence electrons. The van der Waals surface area contributed by atoms with Gasteiger partial charge in [-0.2, -0.15) is 10.2 Å². The quantitative estimate of drug-likeness (QED) is 0.340. The highest BCUT2D eigenvalue weighted by Gasteiger charge is 2.21. The Morgan fingerprint density at radius 3 is 2.32 bits per heavy atom. The summed E-state index contributed by atoms with van der Waals surface area (Å²) < 4.78 is 0. The molecule has 3 rings (SSSR count). The molecule has 0 aromatic carbocycles. The Hall–Kier alpha value is -3.82. The van der Waals surface area contributed by atoms with Crippen molar-refractivity contribution in [1.82, 2.24) is 30.3 Å². The highest BCUT2D eigenvalue weighted by molar-refractivity contribution is 6.00. The van der Waals surface area contributed by atoms with Gasteiger partial charge in [0, 0.05) is 18.5 Å². The summed E-state index contributed by atoms with van der Waals surface area (Å²) in [6.45, 7) is 15.5. The summed E-state index contributed by atoms with van der Waals surface area (Å²) in [6.07, 6.45) is 6.10. The van der Waals surface area contributed by atoms with Gasteiger partial charge >= 0.3 is 0 Å². The van der Waals surface area contributed by atoms with Crippen molar-refractivity contribution in [3.8, 4) is 5.69 Å². The summed E-state index contributed by atoms with van der Waals surface area (Å²) >= 11 is 0. The van der Waals surface area contributed by atoms with Crippen molar-refractivity contribution in [3.63, 3.8) is 0 Å². The molecule has 0 saturated heterocycles. The number of nitrogens with zero attached hydrogens (tertiary/aromatic N) is 5. The van der Waals surface area contributed by atoms with E-state index in [2.05, 4.69) is 31.1 Å². The van der Waals surface area contributed by atoms with E-state index < -0.39 is 0 Å². The van der Waals surface area contributed by atoms with Gasteiger partial charge in [0.2, 0.25) is 5.91 Å². The van der Waals surface area contributed by atoms with Gasteiger partial charge in [0.05, 0.1) is 35.5 Å². The van der Waals surface area contributed by atoms with Crippen LogP contribution in [0.15, 0.2) is 30.7 Å². The Morgan fingerprint density at radius 1 is 1.05 bits per heavy atom. The number of Topliss-reactive ketones (excluding diaryl/α,β-unsaturated/α-hetero) is 1. The zero-order valence-corrected chi connectivity index (χ0v) is 23.0. The topological polar surface area (TPSA) is 127 Å². The molecule has 3 N–H and O–H groups in total. The summed E-state index contributed by atoms with van der Waals surface area (Å²) in [5.74, 6) is 0.956. The Morgan fingerprint density at radius 2 is 1.73 bits per heavy atom. The molecular weight excluding hydrogens is 468 g/mol. The molecule has 10 nitrogen and oxygen atoms in total. The first-order valence-corrected chi connectivity index (χ1v) is 12.6. The van der Waals surface area contributed by atoms with E-state index in [1.54, 1.807) is 18.6 Å². The number of aryl methyl sites for hydroxylation is 2. The number of rotatable bonds is 10. The van der Waals surface area contributed by atoms with Crippen LogP contribution in [0, 0.1) is 12.3 Å². The third-order valence-electron chi connectivity index (χ3n) is 5.97. The number of hydrogen-bond donors (Lipinski definition) is 3. The van der Waals surface area contributed by atoms with Gasteiger partial charge < -0.3 is 16.0 Å². The maximum atomic E-state index is 12.5. The van der Waals surface area contributed by atoms with Crippen LogP contribution in [-0.4, -0.2) is 48.7 Å². The van der Waals surface area contributed by atoms with Gasteiger partial charge in [0.15, 0.2) is 5.78 Å². The van der Waals surface area contributed by atoms with Crippen LogP contribution in [0.1, 0.15) is 76.5 Å². The minimum atomic E-state index is -0.130. The molecule has 0 aliphatic heterocycles. The minimum absolute atomic E-state index is 0.0121. The predicted octanol–water partition coefficient (Wildman–Crippen LogP) is 4.62.